The van der Waals surface area contributed by atoms with E-state index in [0.717, 1.165) is 0 Å². The van der Waals surface area contributed by atoms with Gasteiger partial charge in [-0.05, 0) is 55.8 Å². The Balaban J connectivity index is 2.20. The standard InChI is InChI=1S/C26H29BN2/c1-17-12-18(2)26(19(3)13-17)27-24-15-22(28(4)5)10-8-20(24)14-21-9-11-23(29(6)7)16-25(21)27/h8-13,15-16H,1-7H3. The summed E-state index contributed by atoms with van der Waals surface area (Å²) < 4.78 is 2.18. The predicted molar refractivity (Wildman–Crippen MR) is 127 cm³/mol. The molecule has 3 heteroatoms. The van der Waals surface area contributed by atoms with Crippen molar-refractivity contribution >= 4 is 28.9 Å². The van der Waals surface area contributed by atoms with Crippen LogP contribution in [0.5, 0.6) is 0 Å². The molecule has 0 bridgehead atoms. The summed E-state index contributed by atoms with van der Waals surface area (Å²) in [6.07, 6.45) is 6.97. The molecule has 0 N–H and O–H groups in total. The fraction of sp³-hybridized carbons (Fsp3) is 0.269. The summed E-state index contributed by atoms with van der Waals surface area (Å²) in [5.41, 5.74) is 14.1. The fourth-order valence-corrected chi connectivity index (χ4v) is 4.63. The number of aryl methyl sites for hydroxylation is 3. The summed E-state index contributed by atoms with van der Waals surface area (Å²) in [5, 5.41) is 2.54. The number of hydrogen-bond acceptors (Lipinski definition) is 1. The summed E-state index contributed by atoms with van der Waals surface area (Å²) in [5.74, 6) is 0. The molecule has 2 aromatic carbocycles. The summed E-state index contributed by atoms with van der Waals surface area (Å²) in [7, 11) is 8.42. The van der Waals surface area contributed by atoms with Crippen molar-refractivity contribution in [3.8, 4) is 0 Å². The van der Waals surface area contributed by atoms with Crippen LogP contribution in [0.25, 0.3) is 5.73 Å². The first-order valence-corrected chi connectivity index (χ1v) is 10.2. The maximum atomic E-state index is 3.69. The number of rotatable bonds is 2. The van der Waals surface area contributed by atoms with Crippen molar-refractivity contribution in [2.75, 3.05) is 33.1 Å². The molecular weight excluding hydrogens is 351 g/mol. The van der Waals surface area contributed by atoms with Crippen molar-refractivity contribution in [3.63, 3.8) is 0 Å². The highest BCUT2D eigenvalue weighted by molar-refractivity contribution is 6.75. The monoisotopic (exact) mass is 380 g/mol. The van der Waals surface area contributed by atoms with Crippen LogP contribution in [0.4, 0.5) is 5.69 Å². The Labute approximate surface area is 174 Å². The van der Waals surface area contributed by atoms with E-state index in [-0.39, 0.29) is 6.35 Å². The third-order valence-electron chi connectivity index (χ3n) is 6.02. The quantitative estimate of drug-likeness (QED) is 0.574. The first-order chi connectivity index (χ1) is 13.8. The van der Waals surface area contributed by atoms with Gasteiger partial charge < -0.3 is 4.90 Å². The molecule has 2 aromatic rings. The SMILES string of the molecule is Cc1cc(C)c([B-]2=c3cc(N(C)C)ccc3=C=C3C=CC(=[N+](C)C)C=C23)c(C)c1. The Morgan fingerprint density at radius 1 is 0.931 bits per heavy atom. The third-order valence-corrected chi connectivity index (χ3v) is 6.02. The third kappa shape index (κ3) is 3.37. The zero-order chi connectivity index (χ0) is 20.9. The summed E-state index contributed by atoms with van der Waals surface area (Å²) >= 11 is 0. The molecule has 0 amide bonds. The van der Waals surface area contributed by atoms with E-state index in [1.54, 1.807) is 0 Å². The average molecular weight is 380 g/mol. The predicted octanol–water partition coefficient (Wildman–Crippen LogP) is 2.98. The fourth-order valence-electron chi connectivity index (χ4n) is 4.63. The summed E-state index contributed by atoms with van der Waals surface area (Å²) in [6.45, 7) is 6.69. The maximum absolute atomic E-state index is 3.69. The average Bonchev–Trinajstić information content (AvgIpc) is 2.65. The number of allylic oxidation sites excluding steroid dienone is 5. The number of nitrogens with zero attached hydrogens (tertiary/aromatic N) is 2. The lowest BCUT2D eigenvalue weighted by Crippen LogP contribution is -2.36. The van der Waals surface area contributed by atoms with E-state index in [1.807, 2.05) is 0 Å². The van der Waals surface area contributed by atoms with Gasteiger partial charge in [0.1, 0.15) is 14.1 Å². The Bertz CT molecular complexity index is 1270. The lowest BCUT2D eigenvalue weighted by atomic mass is 9.44. The highest BCUT2D eigenvalue weighted by Gasteiger charge is 2.15. The second-order valence-electron chi connectivity index (χ2n) is 8.70. The number of benzene rings is 2. The van der Waals surface area contributed by atoms with Gasteiger partial charge in [-0.15, -0.1) is 5.73 Å². The molecule has 1 aliphatic heterocycles. The van der Waals surface area contributed by atoms with Gasteiger partial charge in [0.15, 0.2) is 5.71 Å². The van der Waals surface area contributed by atoms with Crippen LogP contribution in [-0.4, -0.2) is 44.8 Å². The van der Waals surface area contributed by atoms with Crippen LogP contribution in [0.3, 0.4) is 0 Å². The van der Waals surface area contributed by atoms with Gasteiger partial charge in [-0.25, -0.2) is 20.6 Å². The van der Waals surface area contributed by atoms with E-state index in [0.29, 0.717) is 0 Å². The minimum atomic E-state index is 0.210. The molecule has 2 aliphatic rings. The van der Waals surface area contributed by atoms with Gasteiger partial charge in [-0.1, -0.05) is 41.2 Å². The zero-order valence-electron chi connectivity index (χ0n) is 18.6. The van der Waals surface area contributed by atoms with Gasteiger partial charge in [0.2, 0.25) is 0 Å². The number of fused-ring (bicyclic) bond motifs is 2. The lowest BCUT2D eigenvalue weighted by molar-refractivity contribution is -0.462. The number of anilines is 1. The minimum absolute atomic E-state index is 0.210. The highest BCUT2D eigenvalue weighted by atomic mass is 15.1. The van der Waals surface area contributed by atoms with E-state index < -0.39 is 0 Å². The van der Waals surface area contributed by atoms with E-state index in [2.05, 4.69) is 113 Å². The van der Waals surface area contributed by atoms with Crippen molar-refractivity contribution in [1.29, 1.82) is 0 Å². The van der Waals surface area contributed by atoms with E-state index in [9.17, 15) is 0 Å². The summed E-state index contributed by atoms with van der Waals surface area (Å²) in [4.78, 5) is 2.18. The van der Waals surface area contributed by atoms with E-state index in [4.69, 9.17) is 0 Å². The molecule has 146 valence electrons. The molecule has 0 radical (unpaired) electrons. The first kappa shape index (κ1) is 19.4. The molecule has 0 aromatic heterocycles. The maximum Gasteiger partial charge on any atom is 0.196 e. The topological polar surface area (TPSA) is 6.25 Å². The van der Waals surface area contributed by atoms with Crippen LogP contribution in [0, 0.1) is 25.9 Å². The Kier molecular flexibility index (Phi) is 4.80. The second kappa shape index (κ2) is 7.17. The highest BCUT2D eigenvalue weighted by Crippen LogP contribution is 2.22. The Morgan fingerprint density at radius 3 is 2.24 bits per heavy atom. The molecule has 0 unspecified atom stereocenters. The molecule has 0 saturated heterocycles. The molecule has 0 spiro atoms. The molecule has 1 heterocycles. The second-order valence-corrected chi connectivity index (χ2v) is 8.70. The van der Waals surface area contributed by atoms with Crippen molar-refractivity contribution in [2.45, 2.75) is 20.8 Å². The van der Waals surface area contributed by atoms with Crippen LogP contribution < -0.4 is 15.6 Å². The van der Waals surface area contributed by atoms with Crippen LogP contribution in [0.2, 0.25) is 0 Å². The molecule has 0 fully saturated rings. The first-order valence-electron chi connectivity index (χ1n) is 10.2. The van der Waals surface area contributed by atoms with Crippen LogP contribution >= 0.6 is 0 Å². The Morgan fingerprint density at radius 2 is 1.62 bits per heavy atom. The smallest absolute Gasteiger partial charge is 0.196 e. The number of hydrogen-bond donors (Lipinski definition) is 0. The van der Waals surface area contributed by atoms with Gasteiger partial charge in [0.25, 0.3) is 0 Å². The van der Waals surface area contributed by atoms with E-state index >= 15 is 0 Å². The van der Waals surface area contributed by atoms with Crippen LogP contribution in [-0.2, 0) is 0 Å². The largest absolute Gasteiger partial charge is 0.378 e. The molecule has 0 saturated carbocycles. The van der Waals surface area contributed by atoms with Gasteiger partial charge in [-0.2, -0.15) is 0 Å². The zero-order valence-corrected chi connectivity index (χ0v) is 18.6. The van der Waals surface area contributed by atoms with Crippen molar-refractivity contribution in [2.24, 2.45) is 0 Å². The molecule has 4 rings (SSSR count). The van der Waals surface area contributed by atoms with Gasteiger partial charge in [-0.3, -0.25) is 0 Å². The van der Waals surface area contributed by atoms with Crippen molar-refractivity contribution < 1.29 is 4.58 Å². The van der Waals surface area contributed by atoms with Crippen molar-refractivity contribution in [1.82, 2.24) is 0 Å². The molecule has 0 atom stereocenters. The normalized spacial score (nSPS) is 14.6. The molecular formula is C26H29BN2. The van der Waals surface area contributed by atoms with Crippen LogP contribution in [0.15, 0.2) is 59.6 Å². The Hall–Kier alpha value is -2.90. The van der Waals surface area contributed by atoms with Gasteiger partial charge in [0, 0.05) is 25.9 Å². The van der Waals surface area contributed by atoms with Gasteiger partial charge >= 0.3 is 0 Å². The van der Waals surface area contributed by atoms with Gasteiger partial charge in [0.05, 0.1) is 0 Å². The molecule has 2 nitrogen and oxygen atoms in total. The summed E-state index contributed by atoms with van der Waals surface area (Å²) in [6, 6.07) is 11.4. The van der Waals surface area contributed by atoms with Crippen molar-refractivity contribution in [3.05, 3.63) is 86.6 Å². The lowest BCUT2D eigenvalue weighted by Gasteiger charge is -2.32. The van der Waals surface area contributed by atoms with Crippen LogP contribution in [0.1, 0.15) is 16.7 Å². The van der Waals surface area contributed by atoms with E-state index in [1.165, 1.54) is 54.9 Å². The minimum Gasteiger partial charge on any atom is -0.378 e. The molecule has 29 heavy (non-hydrogen) atoms. The molecule has 1 aliphatic carbocycles.